The summed E-state index contributed by atoms with van der Waals surface area (Å²) in [5, 5.41) is 4.52. The van der Waals surface area contributed by atoms with Crippen LogP contribution in [0, 0.1) is 12.8 Å². The first kappa shape index (κ1) is 20.1. The van der Waals surface area contributed by atoms with Gasteiger partial charge in [-0.05, 0) is 48.6 Å². The van der Waals surface area contributed by atoms with Gasteiger partial charge in [-0.1, -0.05) is 42.0 Å². The van der Waals surface area contributed by atoms with Crippen LogP contribution in [0.15, 0.2) is 53.4 Å². The number of morpholine rings is 1. The number of sulfonamides is 1. The smallest absolute Gasteiger partial charge is 0.243 e. The van der Waals surface area contributed by atoms with Gasteiger partial charge in [-0.25, -0.2) is 8.42 Å². The van der Waals surface area contributed by atoms with Crippen molar-refractivity contribution in [2.45, 2.75) is 30.2 Å². The molecule has 2 heterocycles. The molecule has 0 aromatic heterocycles. The van der Waals surface area contributed by atoms with Gasteiger partial charge in [0.05, 0.1) is 24.2 Å². The predicted octanol–water partition coefficient (Wildman–Crippen LogP) is 4.50. The lowest BCUT2D eigenvalue weighted by Crippen LogP contribution is -2.40. The summed E-state index contributed by atoms with van der Waals surface area (Å²) in [5.41, 5.74) is 4.55. The standard InChI is InChI=1S/C23H25ClN2O3S/c1-15-5-10-20(24)21-18-3-2-4-19(18)23(25-22(15)21)16-6-8-17(9-7-16)30(27,28)26-11-13-29-14-12-26/h2-3,5-10,18-19,23,25H,4,11-14H2,1H3/t18-,19+,23-/m1/s1. The van der Waals surface area contributed by atoms with Crippen LogP contribution in [0.1, 0.15) is 35.1 Å². The number of anilines is 1. The molecule has 0 radical (unpaired) electrons. The average Bonchev–Trinajstić information content (AvgIpc) is 3.26. The lowest BCUT2D eigenvalue weighted by Gasteiger charge is -2.39. The minimum atomic E-state index is -3.48. The number of ether oxygens (including phenoxy) is 1. The van der Waals surface area contributed by atoms with Gasteiger partial charge in [0.25, 0.3) is 0 Å². The van der Waals surface area contributed by atoms with Gasteiger partial charge in [0.1, 0.15) is 0 Å². The summed E-state index contributed by atoms with van der Waals surface area (Å²) in [7, 11) is -3.48. The van der Waals surface area contributed by atoms with E-state index in [1.165, 1.54) is 15.4 Å². The monoisotopic (exact) mass is 444 g/mol. The van der Waals surface area contributed by atoms with Crippen molar-refractivity contribution in [2.24, 2.45) is 5.92 Å². The van der Waals surface area contributed by atoms with Gasteiger partial charge in [0.15, 0.2) is 0 Å². The van der Waals surface area contributed by atoms with Gasteiger partial charge in [-0.15, -0.1) is 0 Å². The van der Waals surface area contributed by atoms with E-state index in [1.807, 2.05) is 24.3 Å². The molecule has 3 atom stereocenters. The Balaban J connectivity index is 1.47. The predicted molar refractivity (Wildman–Crippen MR) is 119 cm³/mol. The van der Waals surface area contributed by atoms with Crippen LogP contribution < -0.4 is 5.32 Å². The Morgan fingerprint density at radius 1 is 1.10 bits per heavy atom. The van der Waals surface area contributed by atoms with E-state index in [2.05, 4.69) is 24.4 Å². The molecule has 1 aliphatic carbocycles. The van der Waals surface area contributed by atoms with Crippen LogP contribution in [0.2, 0.25) is 5.02 Å². The van der Waals surface area contributed by atoms with Crippen molar-refractivity contribution in [3.8, 4) is 0 Å². The molecule has 0 spiro atoms. The number of nitrogens with one attached hydrogen (secondary N) is 1. The number of aryl methyl sites for hydroxylation is 1. The topological polar surface area (TPSA) is 58.6 Å². The van der Waals surface area contributed by atoms with E-state index in [-0.39, 0.29) is 12.0 Å². The van der Waals surface area contributed by atoms with Crippen molar-refractivity contribution >= 4 is 27.3 Å². The number of halogens is 1. The summed E-state index contributed by atoms with van der Waals surface area (Å²) in [5.74, 6) is 0.633. The maximum absolute atomic E-state index is 12.9. The number of nitrogens with zero attached hydrogens (tertiary/aromatic N) is 1. The fraction of sp³-hybridized carbons (Fsp3) is 0.391. The molecule has 30 heavy (non-hydrogen) atoms. The van der Waals surface area contributed by atoms with Crippen LogP contribution >= 0.6 is 11.6 Å². The third kappa shape index (κ3) is 3.26. The highest BCUT2D eigenvalue weighted by atomic mass is 35.5. The van der Waals surface area contributed by atoms with Gasteiger partial charge < -0.3 is 10.1 Å². The second kappa shape index (κ2) is 7.68. The first-order valence-electron chi connectivity index (χ1n) is 10.4. The third-order valence-electron chi connectivity index (χ3n) is 6.52. The van der Waals surface area contributed by atoms with Gasteiger partial charge in [0.2, 0.25) is 10.0 Å². The van der Waals surface area contributed by atoms with E-state index in [9.17, 15) is 8.42 Å². The SMILES string of the molecule is Cc1ccc(Cl)c2c1N[C@H](c1ccc(S(=O)(=O)N3CCOCC3)cc1)[C@H]1CC=C[C@@H]21. The van der Waals surface area contributed by atoms with E-state index in [4.69, 9.17) is 16.3 Å². The fourth-order valence-electron chi connectivity index (χ4n) is 4.92. The van der Waals surface area contributed by atoms with Crippen LogP contribution in [0.3, 0.4) is 0 Å². The minimum Gasteiger partial charge on any atom is -0.379 e. The molecule has 1 saturated heterocycles. The van der Waals surface area contributed by atoms with Gasteiger partial charge in [-0.3, -0.25) is 0 Å². The van der Waals surface area contributed by atoms with Crippen molar-refractivity contribution in [3.05, 3.63) is 70.3 Å². The molecule has 2 aromatic carbocycles. The Hall–Kier alpha value is -1.86. The summed E-state index contributed by atoms with van der Waals surface area (Å²) in [6.45, 7) is 3.79. The van der Waals surface area contributed by atoms with E-state index >= 15 is 0 Å². The Morgan fingerprint density at radius 3 is 2.57 bits per heavy atom. The van der Waals surface area contributed by atoms with E-state index < -0.39 is 10.0 Å². The zero-order valence-corrected chi connectivity index (χ0v) is 18.4. The summed E-state index contributed by atoms with van der Waals surface area (Å²) >= 11 is 6.57. The molecule has 5 nitrogen and oxygen atoms in total. The molecule has 1 N–H and O–H groups in total. The highest BCUT2D eigenvalue weighted by molar-refractivity contribution is 7.89. The number of benzene rings is 2. The minimum absolute atomic E-state index is 0.106. The van der Waals surface area contributed by atoms with Gasteiger partial charge in [-0.2, -0.15) is 4.31 Å². The van der Waals surface area contributed by atoms with Crippen molar-refractivity contribution in [3.63, 3.8) is 0 Å². The maximum atomic E-state index is 12.9. The molecule has 1 fully saturated rings. The molecule has 158 valence electrons. The Bertz CT molecular complexity index is 1090. The van der Waals surface area contributed by atoms with Crippen LogP contribution in [0.25, 0.3) is 0 Å². The maximum Gasteiger partial charge on any atom is 0.243 e. The third-order valence-corrected chi connectivity index (χ3v) is 8.76. The van der Waals surface area contributed by atoms with Crippen molar-refractivity contribution in [1.82, 2.24) is 4.31 Å². The first-order valence-corrected chi connectivity index (χ1v) is 12.2. The summed E-state index contributed by atoms with van der Waals surface area (Å²) < 4.78 is 32.7. The molecule has 3 aliphatic rings. The number of allylic oxidation sites excluding steroid dienone is 2. The molecule has 2 aromatic rings. The molecule has 0 saturated carbocycles. The lowest BCUT2D eigenvalue weighted by atomic mass is 9.76. The van der Waals surface area contributed by atoms with Gasteiger partial charge >= 0.3 is 0 Å². The molecule has 0 amide bonds. The largest absolute Gasteiger partial charge is 0.379 e. The van der Waals surface area contributed by atoms with Crippen LogP contribution in [0.4, 0.5) is 5.69 Å². The second-order valence-electron chi connectivity index (χ2n) is 8.21. The summed E-state index contributed by atoms with van der Waals surface area (Å²) in [6, 6.07) is 11.5. The average molecular weight is 445 g/mol. The fourth-order valence-corrected chi connectivity index (χ4v) is 6.61. The Kier molecular flexibility index (Phi) is 5.14. The van der Waals surface area contributed by atoms with Crippen molar-refractivity contribution < 1.29 is 13.2 Å². The van der Waals surface area contributed by atoms with Crippen LogP contribution in [-0.2, 0) is 14.8 Å². The number of fused-ring (bicyclic) bond motifs is 3. The summed E-state index contributed by atoms with van der Waals surface area (Å²) in [6.07, 6.45) is 5.47. The molecule has 5 rings (SSSR count). The second-order valence-corrected chi connectivity index (χ2v) is 10.6. The van der Waals surface area contributed by atoms with E-state index in [0.29, 0.717) is 37.1 Å². The van der Waals surface area contributed by atoms with E-state index in [0.717, 1.165) is 22.7 Å². The Labute approximate surface area is 182 Å². The lowest BCUT2D eigenvalue weighted by molar-refractivity contribution is 0.0730. The highest BCUT2D eigenvalue weighted by Crippen LogP contribution is 2.52. The first-order chi connectivity index (χ1) is 14.5. The van der Waals surface area contributed by atoms with Crippen LogP contribution in [0.5, 0.6) is 0 Å². The molecule has 0 bridgehead atoms. The Morgan fingerprint density at radius 2 is 1.83 bits per heavy atom. The normalized spacial score (nSPS) is 26.1. The molecule has 7 heteroatoms. The number of hydrogen-bond donors (Lipinski definition) is 1. The highest BCUT2D eigenvalue weighted by Gasteiger charge is 2.39. The molecule has 2 aliphatic heterocycles. The quantitative estimate of drug-likeness (QED) is 0.708. The molecular weight excluding hydrogens is 420 g/mol. The van der Waals surface area contributed by atoms with Gasteiger partial charge in [0, 0.05) is 35.3 Å². The van der Waals surface area contributed by atoms with Crippen LogP contribution in [-0.4, -0.2) is 39.0 Å². The number of rotatable bonds is 3. The zero-order valence-electron chi connectivity index (χ0n) is 16.8. The number of hydrogen-bond acceptors (Lipinski definition) is 4. The zero-order chi connectivity index (χ0) is 20.9. The van der Waals surface area contributed by atoms with E-state index in [1.54, 1.807) is 12.1 Å². The summed E-state index contributed by atoms with van der Waals surface area (Å²) in [4.78, 5) is 0.338. The van der Waals surface area contributed by atoms with Crippen molar-refractivity contribution in [2.75, 3.05) is 31.6 Å². The van der Waals surface area contributed by atoms with Crippen molar-refractivity contribution in [1.29, 1.82) is 0 Å². The molecular formula is C23H25ClN2O3S. The molecule has 0 unspecified atom stereocenters.